The molecule has 2 atom stereocenters. The number of ether oxygens (including phenoxy) is 4. The lowest BCUT2D eigenvalue weighted by Crippen LogP contribution is -2.44. The third-order valence-corrected chi connectivity index (χ3v) is 6.91. The van der Waals surface area contributed by atoms with Crippen molar-refractivity contribution in [1.29, 1.82) is 0 Å². The minimum absolute atomic E-state index is 0.0457. The van der Waals surface area contributed by atoms with Gasteiger partial charge in [0.1, 0.15) is 12.1 Å². The average Bonchev–Trinajstić information content (AvgIpc) is 3.57. The topological polar surface area (TPSA) is 114 Å². The second-order valence-corrected chi connectivity index (χ2v) is 8.93. The molecule has 0 radical (unpaired) electrons. The van der Waals surface area contributed by atoms with Gasteiger partial charge < -0.3 is 29.0 Å². The fraction of sp³-hybridized carbons (Fsp3) is 0.385. The lowest BCUT2D eigenvalue weighted by molar-refractivity contribution is -0.129. The molecule has 10 heteroatoms. The summed E-state index contributed by atoms with van der Waals surface area (Å²) in [6.07, 6.45) is 0.442. The zero-order valence-electron chi connectivity index (χ0n) is 19.6. The van der Waals surface area contributed by atoms with Gasteiger partial charge in [-0.05, 0) is 29.3 Å². The molecule has 3 aromatic rings. The number of para-hydroxylation sites is 1. The number of aliphatic hydroxyl groups is 1. The number of hydrogen-bond acceptors (Lipinski definition) is 7. The van der Waals surface area contributed by atoms with Gasteiger partial charge in [0, 0.05) is 23.0 Å². The average molecular weight is 494 g/mol. The molecule has 10 nitrogen and oxygen atoms in total. The van der Waals surface area contributed by atoms with Crippen LogP contribution in [0.25, 0.3) is 10.9 Å². The highest BCUT2D eigenvalue weighted by Crippen LogP contribution is 2.45. The smallest absolute Gasteiger partial charge is 0.328 e. The molecule has 188 valence electrons. The minimum atomic E-state index is -0.604. The number of aromatic amines is 1. The Morgan fingerprint density at radius 3 is 2.67 bits per heavy atom. The number of fused-ring (bicyclic) bond motifs is 5. The summed E-state index contributed by atoms with van der Waals surface area (Å²) < 4.78 is 21.8. The van der Waals surface area contributed by atoms with E-state index in [-0.39, 0.29) is 45.1 Å². The number of nitrogens with zero attached hydrogens (tertiary/aromatic N) is 2. The van der Waals surface area contributed by atoms with E-state index in [9.17, 15) is 9.59 Å². The van der Waals surface area contributed by atoms with Crippen LogP contribution < -0.4 is 9.47 Å². The number of aliphatic hydroxyl groups excluding tert-OH is 1. The maximum absolute atomic E-state index is 13.7. The van der Waals surface area contributed by atoms with Crippen molar-refractivity contribution in [2.75, 3.05) is 46.4 Å². The van der Waals surface area contributed by atoms with Gasteiger partial charge in [-0.3, -0.25) is 14.6 Å². The lowest BCUT2D eigenvalue weighted by Gasteiger charge is -2.36. The second-order valence-electron chi connectivity index (χ2n) is 8.93. The molecule has 4 heterocycles. The summed E-state index contributed by atoms with van der Waals surface area (Å²) in [5, 5.41) is 9.82. The van der Waals surface area contributed by atoms with Gasteiger partial charge >= 0.3 is 6.03 Å². The van der Waals surface area contributed by atoms with Crippen molar-refractivity contribution in [3.8, 4) is 11.5 Å². The van der Waals surface area contributed by atoms with Gasteiger partial charge in [-0.1, -0.05) is 24.3 Å². The summed E-state index contributed by atoms with van der Waals surface area (Å²) in [6, 6.07) is 12.2. The van der Waals surface area contributed by atoms with E-state index in [2.05, 4.69) is 4.98 Å². The van der Waals surface area contributed by atoms with E-state index in [1.54, 1.807) is 4.90 Å². The molecular weight excluding hydrogens is 466 g/mol. The predicted molar refractivity (Wildman–Crippen MR) is 128 cm³/mol. The third kappa shape index (κ3) is 3.78. The van der Waals surface area contributed by atoms with Crippen LogP contribution in [0.3, 0.4) is 0 Å². The van der Waals surface area contributed by atoms with Crippen molar-refractivity contribution >= 4 is 22.8 Å². The zero-order chi connectivity index (χ0) is 24.6. The number of amides is 3. The Balaban J connectivity index is 1.30. The van der Waals surface area contributed by atoms with Crippen LogP contribution in [0.5, 0.6) is 11.5 Å². The second kappa shape index (κ2) is 9.45. The maximum Gasteiger partial charge on any atom is 0.328 e. The molecule has 0 spiro atoms. The molecule has 2 aromatic carbocycles. The highest BCUT2D eigenvalue weighted by atomic mass is 16.7. The molecule has 6 rings (SSSR count). The number of hydrogen-bond donors (Lipinski definition) is 2. The van der Waals surface area contributed by atoms with Gasteiger partial charge in [-0.15, -0.1) is 0 Å². The van der Waals surface area contributed by atoms with Crippen LogP contribution in [-0.4, -0.2) is 84.2 Å². The van der Waals surface area contributed by atoms with E-state index >= 15 is 0 Å². The SMILES string of the molecule is O=C1[C@@H]2Cc3c([nH]c4ccccc34)[C@@H](c3ccc4c(c3)OCO4)N2C(=O)N1CCOCCOCCO. The van der Waals surface area contributed by atoms with E-state index in [1.807, 2.05) is 42.5 Å². The fourth-order valence-electron chi connectivity index (χ4n) is 5.31. The summed E-state index contributed by atoms with van der Waals surface area (Å²) in [5.74, 6) is 1.06. The van der Waals surface area contributed by atoms with Crippen molar-refractivity contribution < 1.29 is 33.6 Å². The molecule has 1 aromatic heterocycles. The molecule has 0 bridgehead atoms. The number of imide groups is 1. The van der Waals surface area contributed by atoms with E-state index in [0.29, 0.717) is 31.1 Å². The van der Waals surface area contributed by atoms with Gasteiger partial charge in [0.15, 0.2) is 11.5 Å². The van der Waals surface area contributed by atoms with E-state index < -0.39 is 12.1 Å². The van der Waals surface area contributed by atoms with Crippen LogP contribution in [0.4, 0.5) is 4.79 Å². The van der Waals surface area contributed by atoms with Crippen molar-refractivity contribution in [2.24, 2.45) is 0 Å². The molecule has 0 saturated carbocycles. The molecule has 1 saturated heterocycles. The molecule has 0 aliphatic carbocycles. The molecule has 3 amide bonds. The van der Waals surface area contributed by atoms with Crippen LogP contribution in [0, 0.1) is 0 Å². The Hall–Kier alpha value is -3.60. The summed E-state index contributed by atoms with van der Waals surface area (Å²) in [6.45, 7) is 1.39. The molecule has 3 aliphatic rings. The number of benzene rings is 2. The normalized spacial score (nSPS) is 20.4. The highest BCUT2D eigenvalue weighted by molar-refractivity contribution is 6.05. The number of aromatic nitrogens is 1. The first-order chi connectivity index (χ1) is 17.7. The first kappa shape index (κ1) is 22.8. The van der Waals surface area contributed by atoms with E-state index in [0.717, 1.165) is 27.7 Å². The van der Waals surface area contributed by atoms with Crippen molar-refractivity contribution in [1.82, 2.24) is 14.8 Å². The Morgan fingerprint density at radius 2 is 1.81 bits per heavy atom. The largest absolute Gasteiger partial charge is 0.454 e. The fourth-order valence-corrected chi connectivity index (χ4v) is 5.31. The van der Waals surface area contributed by atoms with Crippen LogP contribution in [0.15, 0.2) is 42.5 Å². The number of carbonyl (C=O) groups is 2. The number of carbonyl (C=O) groups excluding carboxylic acids is 2. The van der Waals surface area contributed by atoms with Crippen LogP contribution in [0.2, 0.25) is 0 Å². The Bertz CT molecular complexity index is 1310. The molecular formula is C26H27N3O7. The molecule has 2 N–H and O–H groups in total. The van der Waals surface area contributed by atoms with Crippen molar-refractivity contribution in [3.63, 3.8) is 0 Å². The number of urea groups is 1. The number of H-pyrrole nitrogens is 1. The van der Waals surface area contributed by atoms with Gasteiger partial charge in [0.25, 0.3) is 5.91 Å². The maximum atomic E-state index is 13.7. The predicted octanol–water partition coefficient (Wildman–Crippen LogP) is 2.20. The standard InChI is InChI=1S/C26H27N3O7/c30-8-10-34-12-11-33-9-7-28-25(31)20-14-18-17-3-1-2-4-19(17)27-23(18)24(29(20)26(28)32)16-5-6-21-22(13-16)36-15-35-21/h1-6,13,20,24,27,30H,7-12,14-15H2/t20-,24+/m0/s1. The molecule has 0 unspecified atom stereocenters. The van der Waals surface area contributed by atoms with E-state index in [4.69, 9.17) is 24.1 Å². The first-order valence-electron chi connectivity index (χ1n) is 12.1. The summed E-state index contributed by atoms with van der Waals surface area (Å²) in [5.41, 5.74) is 3.78. The molecule has 36 heavy (non-hydrogen) atoms. The van der Waals surface area contributed by atoms with E-state index in [1.165, 1.54) is 4.90 Å². The number of nitrogens with one attached hydrogen (secondary N) is 1. The van der Waals surface area contributed by atoms with Gasteiger partial charge in [0.2, 0.25) is 6.79 Å². The Labute approximate surface area is 207 Å². The summed E-state index contributed by atoms with van der Waals surface area (Å²) in [4.78, 5) is 33.6. The number of rotatable bonds is 9. The van der Waals surface area contributed by atoms with Gasteiger partial charge in [-0.25, -0.2) is 4.79 Å². The van der Waals surface area contributed by atoms with Crippen molar-refractivity contribution in [3.05, 3.63) is 59.3 Å². The molecule has 3 aliphatic heterocycles. The quantitative estimate of drug-likeness (QED) is 0.347. The van der Waals surface area contributed by atoms with Gasteiger partial charge in [-0.2, -0.15) is 0 Å². The van der Waals surface area contributed by atoms with Crippen LogP contribution in [0.1, 0.15) is 22.9 Å². The lowest BCUT2D eigenvalue weighted by atomic mass is 9.88. The summed E-state index contributed by atoms with van der Waals surface area (Å²) in [7, 11) is 0. The Morgan fingerprint density at radius 1 is 1.00 bits per heavy atom. The van der Waals surface area contributed by atoms with Crippen LogP contribution >= 0.6 is 0 Å². The molecule has 1 fully saturated rings. The zero-order valence-corrected chi connectivity index (χ0v) is 19.6. The highest BCUT2D eigenvalue weighted by Gasteiger charge is 2.52. The third-order valence-electron chi connectivity index (χ3n) is 6.91. The monoisotopic (exact) mass is 493 g/mol. The van der Waals surface area contributed by atoms with Gasteiger partial charge in [0.05, 0.1) is 39.6 Å². The summed E-state index contributed by atoms with van der Waals surface area (Å²) >= 11 is 0. The minimum Gasteiger partial charge on any atom is -0.454 e. The first-order valence-corrected chi connectivity index (χ1v) is 12.1. The Kier molecular flexibility index (Phi) is 6.00. The van der Waals surface area contributed by atoms with Crippen molar-refractivity contribution in [2.45, 2.75) is 18.5 Å². The van der Waals surface area contributed by atoms with Crippen LogP contribution in [-0.2, 0) is 20.7 Å².